The van der Waals surface area contributed by atoms with Crippen molar-refractivity contribution in [1.82, 2.24) is 14.8 Å². The summed E-state index contributed by atoms with van der Waals surface area (Å²) in [7, 11) is 1.87. The van der Waals surface area contributed by atoms with E-state index in [4.69, 9.17) is 5.73 Å². The molecule has 72 valence electrons. The Morgan fingerprint density at radius 2 is 2.29 bits per heavy atom. The molecule has 0 saturated heterocycles. The fourth-order valence-corrected chi connectivity index (χ4v) is 1.39. The van der Waals surface area contributed by atoms with Crippen LogP contribution in [0.2, 0.25) is 0 Å². The van der Waals surface area contributed by atoms with Gasteiger partial charge in [0.1, 0.15) is 6.33 Å². The summed E-state index contributed by atoms with van der Waals surface area (Å²) in [4.78, 5) is 4.17. The van der Waals surface area contributed by atoms with E-state index in [2.05, 4.69) is 10.1 Å². The average molecular weight is 188 g/mol. The van der Waals surface area contributed by atoms with Crippen molar-refractivity contribution in [2.24, 2.45) is 12.8 Å². The van der Waals surface area contributed by atoms with Gasteiger partial charge in [-0.25, -0.2) is 9.67 Å². The van der Waals surface area contributed by atoms with Crippen LogP contribution in [0.3, 0.4) is 0 Å². The smallest absolute Gasteiger partial charge is 0.157 e. The molecule has 0 radical (unpaired) electrons. The molecule has 2 N–H and O–H groups in total. The number of aromatic nitrogens is 3. The summed E-state index contributed by atoms with van der Waals surface area (Å²) in [6.07, 6.45) is 1.55. The van der Waals surface area contributed by atoms with E-state index in [-0.39, 0.29) is 0 Å². The van der Waals surface area contributed by atoms with Crippen LogP contribution in [0, 0.1) is 0 Å². The molecule has 4 nitrogen and oxygen atoms in total. The molecule has 0 unspecified atom stereocenters. The van der Waals surface area contributed by atoms with Crippen LogP contribution >= 0.6 is 0 Å². The van der Waals surface area contributed by atoms with E-state index in [1.54, 1.807) is 11.0 Å². The maximum absolute atomic E-state index is 5.57. The van der Waals surface area contributed by atoms with E-state index in [9.17, 15) is 0 Å². The van der Waals surface area contributed by atoms with Crippen LogP contribution < -0.4 is 5.73 Å². The summed E-state index contributed by atoms with van der Waals surface area (Å²) in [5.74, 6) is 0.861. The Morgan fingerprint density at radius 1 is 1.43 bits per heavy atom. The molecule has 0 fully saturated rings. The van der Waals surface area contributed by atoms with E-state index < -0.39 is 0 Å². The van der Waals surface area contributed by atoms with Crippen LogP contribution in [0.5, 0.6) is 0 Å². The van der Waals surface area contributed by atoms with Crippen LogP contribution in [-0.4, -0.2) is 14.8 Å². The van der Waals surface area contributed by atoms with Gasteiger partial charge in [0.15, 0.2) is 5.82 Å². The summed E-state index contributed by atoms with van der Waals surface area (Å²) < 4.78 is 1.75. The van der Waals surface area contributed by atoms with Gasteiger partial charge in [0, 0.05) is 19.2 Å². The molecule has 1 aromatic carbocycles. The second-order valence-corrected chi connectivity index (χ2v) is 3.11. The largest absolute Gasteiger partial charge is 0.326 e. The summed E-state index contributed by atoms with van der Waals surface area (Å²) >= 11 is 0. The van der Waals surface area contributed by atoms with Gasteiger partial charge >= 0.3 is 0 Å². The second kappa shape index (κ2) is 3.59. The van der Waals surface area contributed by atoms with E-state index in [1.807, 2.05) is 31.3 Å². The van der Waals surface area contributed by atoms with Crippen molar-refractivity contribution >= 4 is 0 Å². The molecule has 0 amide bonds. The molecule has 1 heterocycles. The van der Waals surface area contributed by atoms with Crippen LogP contribution in [0.1, 0.15) is 5.56 Å². The number of aryl methyl sites for hydroxylation is 1. The Labute approximate surface area is 82.4 Å². The highest BCUT2D eigenvalue weighted by atomic mass is 15.3. The fourth-order valence-electron chi connectivity index (χ4n) is 1.39. The number of nitrogens with zero attached hydrogens (tertiary/aromatic N) is 3. The molecule has 0 aliphatic carbocycles. The van der Waals surface area contributed by atoms with Gasteiger partial charge in [-0.2, -0.15) is 5.10 Å². The number of rotatable bonds is 2. The summed E-state index contributed by atoms with van der Waals surface area (Å²) in [6.45, 7) is 0.547. The van der Waals surface area contributed by atoms with Crippen molar-refractivity contribution in [3.8, 4) is 11.4 Å². The second-order valence-electron chi connectivity index (χ2n) is 3.11. The molecule has 14 heavy (non-hydrogen) atoms. The van der Waals surface area contributed by atoms with Gasteiger partial charge in [-0.3, -0.25) is 0 Å². The highest BCUT2D eigenvalue weighted by Gasteiger charge is 2.03. The van der Waals surface area contributed by atoms with Crippen molar-refractivity contribution in [1.29, 1.82) is 0 Å². The predicted molar refractivity (Wildman–Crippen MR) is 54.3 cm³/mol. The maximum Gasteiger partial charge on any atom is 0.157 e. The van der Waals surface area contributed by atoms with Crippen LogP contribution in [0.25, 0.3) is 11.4 Å². The number of hydrogen-bond acceptors (Lipinski definition) is 3. The Balaban J connectivity index is 2.47. The molecule has 0 aliphatic heterocycles. The van der Waals surface area contributed by atoms with Crippen molar-refractivity contribution in [3.63, 3.8) is 0 Å². The molecule has 0 aliphatic rings. The van der Waals surface area contributed by atoms with Gasteiger partial charge in [-0.1, -0.05) is 18.2 Å². The third kappa shape index (κ3) is 1.52. The lowest BCUT2D eigenvalue weighted by Gasteiger charge is -2.02. The molecule has 2 aromatic rings. The number of hydrogen-bond donors (Lipinski definition) is 1. The summed E-state index contributed by atoms with van der Waals surface area (Å²) in [5.41, 5.74) is 7.72. The Bertz CT molecular complexity index is 433. The lowest BCUT2D eigenvalue weighted by atomic mass is 10.1. The Kier molecular flexibility index (Phi) is 2.28. The number of benzene rings is 1. The van der Waals surface area contributed by atoms with Crippen LogP contribution in [0.15, 0.2) is 30.6 Å². The zero-order valence-electron chi connectivity index (χ0n) is 8.01. The normalized spacial score (nSPS) is 10.4. The highest BCUT2D eigenvalue weighted by molar-refractivity contribution is 5.55. The van der Waals surface area contributed by atoms with Gasteiger partial charge in [0.2, 0.25) is 0 Å². The van der Waals surface area contributed by atoms with Crippen molar-refractivity contribution in [3.05, 3.63) is 36.2 Å². The predicted octanol–water partition coefficient (Wildman–Crippen LogP) is 0.941. The van der Waals surface area contributed by atoms with Crippen molar-refractivity contribution < 1.29 is 0 Å². The van der Waals surface area contributed by atoms with Gasteiger partial charge in [-0.05, 0) is 11.6 Å². The quantitative estimate of drug-likeness (QED) is 0.763. The van der Waals surface area contributed by atoms with Crippen LogP contribution in [-0.2, 0) is 13.6 Å². The van der Waals surface area contributed by atoms with Gasteiger partial charge in [-0.15, -0.1) is 0 Å². The first kappa shape index (κ1) is 8.90. The standard InChI is InChI=1S/C10H12N4/c1-14-10(12-7-13-14)9-4-2-3-8(5-9)6-11/h2-5,7H,6,11H2,1H3. The first-order chi connectivity index (χ1) is 6.81. The lowest BCUT2D eigenvalue weighted by molar-refractivity contribution is 0.774. The molecule has 2 rings (SSSR count). The summed E-state index contributed by atoms with van der Waals surface area (Å²) in [5, 5.41) is 4.02. The maximum atomic E-state index is 5.57. The minimum absolute atomic E-state index is 0.547. The van der Waals surface area contributed by atoms with Gasteiger partial charge in [0.25, 0.3) is 0 Å². The minimum atomic E-state index is 0.547. The number of nitrogens with two attached hydrogens (primary N) is 1. The van der Waals surface area contributed by atoms with Crippen LogP contribution in [0.4, 0.5) is 0 Å². The topological polar surface area (TPSA) is 56.7 Å². The molecule has 0 atom stereocenters. The molecule has 4 heteroatoms. The van der Waals surface area contributed by atoms with Gasteiger partial charge < -0.3 is 5.73 Å². The molecule has 0 bridgehead atoms. The molecule has 0 spiro atoms. The molecule has 1 aromatic heterocycles. The molecular formula is C10H12N4. The van der Waals surface area contributed by atoms with Gasteiger partial charge in [0.05, 0.1) is 0 Å². The average Bonchev–Trinajstić information content (AvgIpc) is 2.65. The third-order valence-electron chi connectivity index (χ3n) is 2.13. The first-order valence-electron chi connectivity index (χ1n) is 4.44. The van der Waals surface area contributed by atoms with Crippen molar-refractivity contribution in [2.75, 3.05) is 0 Å². The van der Waals surface area contributed by atoms with E-state index in [0.29, 0.717) is 6.54 Å². The minimum Gasteiger partial charge on any atom is -0.326 e. The van der Waals surface area contributed by atoms with E-state index in [1.165, 1.54) is 0 Å². The van der Waals surface area contributed by atoms with E-state index in [0.717, 1.165) is 17.0 Å². The summed E-state index contributed by atoms with van der Waals surface area (Å²) in [6, 6.07) is 8.01. The lowest BCUT2D eigenvalue weighted by Crippen LogP contribution is -1.98. The van der Waals surface area contributed by atoms with E-state index >= 15 is 0 Å². The zero-order valence-corrected chi connectivity index (χ0v) is 8.01. The third-order valence-corrected chi connectivity index (χ3v) is 2.13. The first-order valence-corrected chi connectivity index (χ1v) is 4.44. The monoisotopic (exact) mass is 188 g/mol. The highest BCUT2D eigenvalue weighted by Crippen LogP contribution is 2.16. The SMILES string of the molecule is Cn1ncnc1-c1cccc(CN)c1. The Hall–Kier alpha value is -1.68. The Morgan fingerprint density at radius 3 is 2.93 bits per heavy atom. The van der Waals surface area contributed by atoms with Crippen molar-refractivity contribution in [2.45, 2.75) is 6.54 Å². The molecular weight excluding hydrogens is 176 g/mol. The molecule has 0 saturated carbocycles. The zero-order chi connectivity index (χ0) is 9.97. The fraction of sp³-hybridized carbons (Fsp3) is 0.200.